The molecule has 140 valence electrons. The highest BCUT2D eigenvalue weighted by Gasteiger charge is 2.27. The lowest BCUT2D eigenvalue weighted by molar-refractivity contribution is -0.125. The summed E-state index contributed by atoms with van der Waals surface area (Å²) in [6, 6.07) is 4.89. The van der Waals surface area contributed by atoms with Gasteiger partial charge in [0.05, 0.1) is 16.3 Å². The van der Waals surface area contributed by atoms with E-state index in [4.69, 9.17) is 0 Å². The Morgan fingerprint density at radius 2 is 2.15 bits per heavy atom. The summed E-state index contributed by atoms with van der Waals surface area (Å²) in [5.41, 5.74) is 0.694. The molecule has 1 atom stereocenters. The Morgan fingerprint density at radius 1 is 1.35 bits per heavy atom. The number of aromatic nitrogens is 2. The maximum Gasteiger partial charge on any atom is 0.224 e. The zero-order chi connectivity index (χ0) is 18.7. The first-order valence-corrected chi connectivity index (χ1v) is 10.8. The molecule has 1 fully saturated rings. The van der Waals surface area contributed by atoms with Crippen LogP contribution in [0.5, 0.6) is 0 Å². The lowest BCUT2D eigenvalue weighted by atomic mass is 9.97. The van der Waals surface area contributed by atoms with Crippen LogP contribution in [0.2, 0.25) is 0 Å². The smallest absolute Gasteiger partial charge is 0.224 e. The van der Waals surface area contributed by atoms with E-state index in [1.54, 1.807) is 18.2 Å². The summed E-state index contributed by atoms with van der Waals surface area (Å²) in [5.74, 6) is 0.679. The van der Waals surface area contributed by atoms with E-state index >= 15 is 0 Å². The van der Waals surface area contributed by atoms with Crippen molar-refractivity contribution in [3.05, 3.63) is 24.5 Å². The van der Waals surface area contributed by atoms with Gasteiger partial charge in [-0.1, -0.05) is 6.92 Å². The second-order valence-corrected chi connectivity index (χ2v) is 8.74. The lowest BCUT2D eigenvalue weighted by Crippen LogP contribution is -2.43. The molecule has 1 saturated heterocycles. The molecule has 26 heavy (non-hydrogen) atoms. The molecule has 1 amide bonds. The lowest BCUT2D eigenvalue weighted by Gasteiger charge is -2.33. The van der Waals surface area contributed by atoms with Gasteiger partial charge in [0.25, 0.3) is 0 Å². The Bertz CT molecular complexity index is 914. The SMILES string of the molecule is CCCNC(=O)C1CCCN(c2ncnc3ccc(S(C)(=O)=O)cc23)C1. The van der Waals surface area contributed by atoms with Gasteiger partial charge in [0, 0.05) is 31.3 Å². The Hall–Kier alpha value is -2.22. The number of rotatable bonds is 5. The Balaban J connectivity index is 1.92. The molecule has 0 spiro atoms. The predicted molar refractivity (Wildman–Crippen MR) is 101 cm³/mol. The number of carbonyl (C=O) groups is 1. The van der Waals surface area contributed by atoms with Gasteiger partial charge in [-0.05, 0) is 37.5 Å². The summed E-state index contributed by atoms with van der Waals surface area (Å²) < 4.78 is 23.8. The quantitative estimate of drug-likeness (QED) is 0.855. The van der Waals surface area contributed by atoms with Gasteiger partial charge in [0.15, 0.2) is 9.84 Å². The molecule has 1 aromatic heterocycles. The normalized spacial score (nSPS) is 18.1. The molecule has 2 aromatic rings. The number of amides is 1. The van der Waals surface area contributed by atoms with Crippen LogP contribution in [0.3, 0.4) is 0 Å². The highest BCUT2D eigenvalue weighted by molar-refractivity contribution is 7.90. The maximum absolute atomic E-state index is 12.3. The van der Waals surface area contributed by atoms with Crippen LogP contribution in [-0.2, 0) is 14.6 Å². The van der Waals surface area contributed by atoms with Crippen LogP contribution in [0.25, 0.3) is 10.9 Å². The topological polar surface area (TPSA) is 92.3 Å². The van der Waals surface area contributed by atoms with Gasteiger partial charge in [0.2, 0.25) is 5.91 Å². The standard InChI is InChI=1S/C18H24N4O3S/c1-3-8-19-18(23)13-5-4-9-22(11-13)17-15-10-14(26(2,24)25)6-7-16(15)20-12-21-17/h6-7,10,12-13H,3-5,8-9,11H2,1-2H3,(H,19,23). The van der Waals surface area contributed by atoms with Crippen molar-refractivity contribution in [2.75, 3.05) is 30.8 Å². The highest BCUT2D eigenvalue weighted by atomic mass is 32.2. The number of nitrogens with one attached hydrogen (secondary N) is 1. The van der Waals surface area contributed by atoms with Crippen molar-refractivity contribution < 1.29 is 13.2 Å². The molecule has 1 aliphatic rings. The predicted octanol–water partition coefficient (Wildman–Crippen LogP) is 1.78. The monoisotopic (exact) mass is 376 g/mol. The summed E-state index contributed by atoms with van der Waals surface area (Å²) in [7, 11) is -3.31. The first-order chi connectivity index (χ1) is 12.4. The van der Waals surface area contributed by atoms with E-state index in [2.05, 4.69) is 20.2 Å². The summed E-state index contributed by atoms with van der Waals surface area (Å²) >= 11 is 0. The van der Waals surface area contributed by atoms with Crippen LogP contribution >= 0.6 is 0 Å². The van der Waals surface area contributed by atoms with Crippen molar-refractivity contribution in [2.24, 2.45) is 5.92 Å². The molecule has 0 radical (unpaired) electrons. The zero-order valence-electron chi connectivity index (χ0n) is 15.1. The third-order valence-corrected chi connectivity index (χ3v) is 5.77. The van der Waals surface area contributed by atoms with E-state index in [1.165, 1.54) is 12.6 Å². The van der Waals surface area contributed by atoms with Gasteiger partial charge in [-0.15, -0.1) is 0 Å². The molecule has 1 aliphatic heterocycles. The average molecular weight is 376 g/mol. The van der Waals surface area contributed by atoms with E-state index in [-0.39, 0.29) is 16.7 Å². The van der Waals surface area contributed by atoms with E-state index in [9.17, 15) is 13.2 Å². The Morgan fingerprint density at radius 3 is 2.88 bits per heavy atom. The summed E-state index contributed by atoms with van der Waals surface area (Å²) in [5, 5.41) is 3.66. The number of anilines is 1. The van der Waals surface area contributed by atoms with Crippen LogP contribution in [-0.4, -0.2) is 50.2 Å². The van der Waals surface area contributed by atoms with E-state index in [0.717, 1.165) is 25.8 Å². The minimum Gasteiger partial charge on any atom is -0.356 e. The van der Waals surface area contributed by atoms with Crippen molar-refractivity contribution in [3.63, 3.8) is 0 Å². The number of fused-ring (bicyclic) bond motifs is 1. The molecular formula is C18H24N4O3S. The van der Waals surface area contributed by atoms with E-state index in [1.807, 2.05) is 6.92 Å². The highest BCUT2D eigenvalue weighted by Crippen LogP contribution is 2.29. The van der Waals surface area contributed by atoms with Gasteiger partial charge in [-0.2, -0.15) is 0 Å². The van der Waals surface area contributed by atoms with Crippen molar-refractivity contribution in [3.8, 4) is 0 Å². The van der Waals surface area contributed by atoms with Crippen LogP contribution in [0.4, 0.5) is 5.82 Å². The first-order valence-electron chi connectivity index (χ1n) is 8.87. The maximum atomic E-state index is 12.3. The summed E-state index contributed by atoms with van der Waals surface area (Å²) in [4.78, 5) is 23.3. The summed E-state index contributed by atoms with van der Waals surface area (Å²) in [6.07, 6.45) is 5.32. The zero-order valence-corrected chi connectivity index (χ0v) is 15.9. The van der Waals surface area contributed by atoms with Crippen LogP contribution in [0.15, 0.2) is 29.4 Å². The molecule has 8 heteroatoms. The number of hydrogen-bond acceptors (Lipinski definition) is 6. The van der Waals surface area contributed by atoms with Crippen molar-refractivity contribution in [2.45, 2.75) is 31.1 Å². The fraction of sp³-hybridized carbons (Fsp3) is 0.500. The van der Waals surface area contributed by atoms with Crippen LogP contribution < -0.4 is 10.2 Å². The molecule has 1 N–H and O–H groups in total. The molecule has 2 heterocycles. The fourth-order valence-corrected chi connectivity index (χ4v) is 3.93. The van der Waals surface area contributed by atoms with E-state index in [0.29, 0.717) is 29.8 Å². The molecule has 1 unspecified atom stereocenters. The van der Waals surface area contributed by atoms with E-state index < -0.39 is 9.84 Å². The second-order valence-electron chi connectivity index (χ2n) is 6.72. The number of benzene rings is 1. The Kier molecular flexibility index (Phi) is 5.41. The number of hydrogen-bond donors (Lipinski definition) is 1. The van der Waals surface area contributed by atoms with Gasteiger partial charge >= 0.3 is 0 Å². The third kappa shape index (κ3) is 3.95. The van der Waals surface area contributed by atoms with Crippen LogP contribution in [0.1, 0.15) is 26.2 Å². The minimum atomic E-state index is -3.31. The molecule has 1 aromatic carbocycles. The third-order valence-electron chi connectivity index (χ3n) is 4.65. The molecule has 0 bridgehead atoms. The largest absolute Gasteiger partial charge is 0.356 e. The Labute approximate surface area is 153 Å². The van der Waals surface area contributed by atoms with Crippen LogP contribution in [0, 0.1) is 5.92 Å². The van der Waals surface area contributed by atoms with Gasteiger partial charge in [-0.25, -0.2) is 18.4 Å². The molecule has 7 nitrogen and oxygen atoms in total. The fourth-order valence-electron chi connectivity index (χ4n) is 3.28. The van der Waals surface area contributed by atoms with Crippen molar-refractivity contribution in [1.82, 2.24) is 15.3 Å². The molecule has 0 saturated carbocycles. The molecular weight excluding hydrogens is 352 g/mol. The van der Waals surface area contributed by atoms with Crippen molar-refractivity contribution in [1.29, 1.82) is 0 Å². The van der Waals surface area contributed by atoms with Gasteiger partial charge < -0.3 is 10.2 Å². The molecule has 3 rings (SSSR count). The number of carbonyl (C=O) groups excluding carboxylic acids is 1. The first kappa shape index (κ1) is 18.6. The average Bonchev–Trinajstić information content (AvgIpc) is 2.64. The second kappa shape index (κ2) is 7.57. The minimum absolute atomic E-state index is 0.0757. The number of piperidine rings is 1. The molecule has 0 aliphatic carbocycles. The van der Waals surface area contributed by atoms with Gasteiger partial charge in [-0.3, -0.25) is 4.79 Å². The van der Waals surface area contributed by atoms with Gasteiger partial charge in [0.1, 0.15) is 12.1 Å². The summed E-state index contributed by atoms with van der Waals surface area (Å²) in [6.45, 7) is 4.07. The van der Waals surface area contributed by atoms with Crippen molar-refractivity contribution >= 4 is 32.5 Å². The number of nitrogens with zero attached hydrogens (tertiary/aromatic N) is 3. The number of sulfone groups is 1.